The van der Waals surface area contributed by atoms with E-state index in [4.69, 9.17) is 9.47 Å². The van der Waals surface area contributed by atoms with Gasteiger partial charge in [0.05, 0.1) is 17.3 Å². The van der Waals surface area contributed by atoms with Gasteiger partial charge in [0.25, 0.3) is 5.91 Å². The van der Waals surface area contributed by atoms with Crippen molar-refractivity contribution in [2.24, 2.45) is 0 Å². The lowest BCUT2D eigenvalue weighted by atomic mass is 10.1. The van der Waals surface area contributed by atoms with Gasteiger partial charge in [-0.2, -0.15) is 23.3 Å². The van der Waals surface area contributed by atoms with E-state index in [0.717, 1.165) is 38.8 Å². The molecule has 2 aromatic heterocycles. The van der Waals surface area contributed by atoms with Crippen molar-refractivity contribution in [3.05, 3.63) is 77.2 Å². The molecule has 42 heavy (non-hydrogen) atoms. The minimum Gasteiger partial charge on any atom is -0.490 e. The topological polar surface area (TPSA) is 84.2 Å². The first kappa shape index (κ1) is 29.2. The minimum absolute atomic E-state index is 0.0538. The summed E-state index contributed by atoms with van der Waals surface area (Å²) in [6.07, 6.45) is -1.84. The fraction of sp³-hybridized carbons (Fsp3) is 0.321. The summed E-state index contributed by atoms with van der Waals surface area (Å²) < 4.78 is 81.3. The van der Waals surface area contributed by atoms with E-state index in [2.05, 4.69) is 32.2 Å². The Balaban J connectivity index is 1.28. The van der Waals surface area contributed by atoms with Crippen LogP contribution in [0, 0.1) is 18.6 Å². The molecule has 5 rings (SSSR count). The number of anilines is 1. The predicted octanol–water partition coefficient (Wildman–Crippen LogP) is 5.01. The van der Waals surface area contributed by atoms with Crippen LogP contribution in [0.25, 0.3) is 5.52 Å². The number of nitrogens with zero attached hydrogens (tertiary/aromatic N) is 5. The molecule has 3 heterocycles. The van der Waals surface area contributed by atoms with Gasteiger partial charge in [0.2, 0.25) is 5.88 Å². The molecule has 1 amide bonds. The van der Waals surface area contributed by atoms with Crippen LogP contribution in [0.5, 0.6) is 17.4 Å². The predicted molar refractivity (Wildman–Crippen MR) is 143 cm³/mol. The normalized spacial score (nSPS) is 14.7. The van der Waals surface area contributed by atoms with Crippen molar-refractivity contribution in [2.45, 2.75) is 13.1 Å². The number of nitrogens with one attached hydrogen (secondary N) is 1. The summed E-state index contributed by atoms with van der Waals surface area (Å²) >= 11 is 0. The summed E-state index contributed by atoms with van der Waals surface area (Å²) in [5.41, 5.74) is -0.992. The number of piperazine rings is 1. The Morgan fingerprint density at radius 3 is 2.50 bits per heavy atom. The third-order valence-electron chi connectivity index (χ3n) is 6.94. The molecular formula is C28H27F5N6O3. The molecule has 1 aliphatic heterocycles. The average molecular weight is 591 g/mol. The van der Waals surface area contributed by atoms with Crippen LogP contribution in [0.15, 0.2) is 48.9 Å². The van der Waals surface area contributed by atoms with Crippen LogP contribution >= 0.6 is 0 Å². The Hall–Kier alpha value is -4.30. The lowest BCUT2D eigenvalue weighted by Crippen LogP contribution is -2.45. The maximum atomic E-state index is 15.0. The van der Waals surface area contributed by atoms with E-state index in [0.29, 0.717) is 41.6 Å². The van der Waals surface area contributed by atoms with Crippen LogP contribution in [0.2, 0.25) is 0 Å². The van der Waals surface area contributed by atoms with Crippen LogP contribution in [0.1, 0.15) is 21.5 Å². The number of rotatable bonds is 8. The molecule has 1 aliphatic rings. The molecule has 9 nitrogen and oxygen atoms in total. The third-order valence-corrected chi connectivity index (χ3v) is 6.94. The summed E-state index contributed by atoms with van der Waals surface area (Å²) in [6, 6.07) is 4.83. The standard InChI is InChI=1S/C28H27F5N6O3/c1-17-24(41-12-11-38-9-7-37(2)8-10-38)15-39-25(17)27(34-16-35-39)42-23-6-4-19(14-22(23)30)36-26(40)20-13-18(28(31,32)33)3-5-21(20)29/h3-6,13-16H,7-12H2,1-2H3,(H,36,40). The number of carbonyl (C=O) groups excluding carboxylic acids is 1. The van der Waals surface area contributed by atoms with Crippen molar-refractivity contribution in [1.82, 2.24) is 24.4 Å². The fourth-order valence-electron chi connectivity index (χ4n) is 4.52. The molecule has 0 unspecified atom stereocenters. The summed E-state index contributed by atoms with van der Waals surface area (Å²) in [5.74, 6) is -2.83. The van der Waals surface area contributed by atoms with Gasteiger partial charge in [-0.25, -0.2) is 13.3 Å². The largest absolute Gasteiger partial charge is 0.490 e. The number of fused-ring (bicyclic) bond motifs is 1. The lowest BCUT2D eigenvalue weighted by molar-refractivity contribution is -0.137. The van der Waals surface area contributed by atoms with E-state index in [1.807, 2.05) is 0 Å². The van der Waals surface area contributed by atoms with Crippen LogP contribution < -0.4 is 14.8 Å². The number of aryl methyl sites for hydroxylation is 1. The molecular weight excluding hydrogens is 563 g/mol. The number of alkyl halides is 3. The summed E-state index contributed by atoms with van der Waals surface area (Å²) in [5, 5.41) is 6.39. The summed E-state index contributed by atoms with van der Waals surface area (Å²) in [7, 11) is 2.09. The molecule has 0 spiro atoms. The SMILES string of the molecule is Cc1c(OCCN2CCN(C)CC2)cn2ncnc(Oc3ccc(NC(=O)c4cc(C(F)(F)F)ccc4F)cc3F)c12. The van der Waals surface area contributed by atoms with Crippen molar-refractivity contribution in [3.63, 3.8) is 0 Å². The minimum atomic E-state index is -4.77. The molecule has 0 atom stereocenters. The maximum absolute atomic E-state index is 15.0. The maximum Gasteiger partial charge on any atom is 0.416 e. The van der Waals surface area contributed by atoms with Gasteiger partial charge in [-0.15, -0.1) is 0 Å². The van der Waals surface area contributed by atoms with Gasteiger partial charge >= 0.3 is 6.18 Å². The highest BCUT2D eigenvalue weighted by atomic mass is 19.4. The molecule has 2 aromatic carbocycles. The van der Waals surface area contributed by atoms with Gasteiger partial charge in [0.15, 0.2) is 11.6 Å². The highest BCUT2D eigenvalue weighted by Crippen LogP contribution is 2.34. The van der Waals surface area contributed by atoms with Crippen LogP contribution in [-0.4, -0.2) is 76.7 Å². The number of hydrogen-bond acceptors (Lipinski definition) is 7. The van der Waals surface area contributed by atoms with Crippen molar-refractivity contribution < 1.29 is 36.2 Å². The van der Waals surface area contributed by atoms with E-state index in [-0.39, 0.29) is 17.3 Å². The van der Waals surface area contributed by atoms with Crippen molar-refractivity contribution in [1.29, 1.82) is 0 Å². The fourth-order valence-corrected chi connectivity index (χ4v) is 4.52. The zero-order chi connectivity index (χ0) is 30.0. The molecule has 4 aromatic rings. The molecule has 14 heteroatoms. The lowest BCUT2D eigenvalue weighted by Gasteiger charge is -2.32. The average Bonchev–Trinajstić information content (AvgIpc) is 3.26. The van der Waals surface area contributed by atoms with Gasteiger partial charge in [0.1, 0.15) is 30.0 Å². The molecule has 222 valence electrons. The highest BCUT2D eigenvalue weighted by Gasteiger charge is 2.32. The second-order valence-electron chi connectivity index (χ2n) is 9.86. The first-order valence-corrected chi connectivity index (χ1v) is 13.0. The van der Waals surface area contributed by atoms with Crippen LogP contribution in [0.3, 0.4) is 0 Å². The Kier molecular flexibility index (Phi) is 8.27. The van der Waals surface area contributed by atoms with E-state index < -0.39 is 34.8 Å². The zero-order valence-electron chi connectivity index (χ0n) is 22.7. The molecule has 1 saturated heterocycles. The Morgan fingerprint density at radius 1 is 1.02 bits per heavy atom. The first-order valence-electron chi connectivity index (χ1n) is 13.0. The third kappa shape index (κ3) is 6.44. The number of likely N-dealkylation sites (N-methyl/N-ethyl adjacent to an activating group) is 1. The molecule has 0 saturated carbocycles. The quantitative estimate of drug-likeness (QED) is 0.289. The van der Waals surface area contributed by atoms with E-state index in [1.54, 1.807) is 13.1 Å². The second kappa shape index (κ2) is 11.9. The Morgan fingerprint density at radius 2 is 1.79 bits per heavy atom. The second-order valence-corrected chi connectivity index (χ2v) is 9.86. The van der Waals surface area contributed by atoms with E-state index in [9.17, 15) is 26.7 Å². The molecule has 1 fully saturated rings. The van der Waals surface area contributed by atoms with Crippen molar-refractivity contribution in [3.8, 4) is 17.4 Å². The number of hydrogen-bond donors (Lipinski definition) is 1. The summed E-state index contributed by atoms with van der Waals surface area (Å²) in [6.45, 7) is 6.98. The molecule has 0 radical (unpaired) electrons. The molecule has 1 N–H and O–H groups in total. The van der Waals surface area contributed by atoms with Gasteiger partial charge < -0.3 is 19.7 Å². The first-order chi connectivity index (χ1) is 20.0. The Bertz CT molecular complexity index is 1600. The highest BCUT2D eigenvalue weighted by molar-refractivity contribution is 6.04. The van der Waals surface area contributed by atoms with E-state index in [1.165, 1.54) is 23.0 Å². The van der Waals surface area contributed by atoms with Gasteiger partial charge in [-0.3, -0.25) is 9.69 Å². The summed E-state index contributed by atoms with van der Waals surface area (Å²) in [4.78, 5) is 21.2. The van der Waals surface area contributed by atoms with Crippen molar-refractivity contribution >= 4 is 17.1 Å². The zero-order valence-corrected chi connectivity index (χ0v) is 22.7. The van der Waals surface area contributed by atoms with Gasteiger partial charge in [-0.1, -0.05) is 0 Å². The molecule has 0 aliphatic carbocycles. The number of carbonyl (C=O) groups is 1. The number of amides is 1. The van der Waals surface area contributed by atoms with Crippen molar-refractivity contribution in [2.75, 3.05) is 51.7 Å². The molecule has 0 bridgehead atoms. The van der Waals surface area contributed by atoms with Crippen LogP contribution in [-0.2, 0) is 6.18 Å². The smallest absolute Gasteiger partial charge is 0.416 e. The number of aromatic nitrogens is 3. The van der Waals surface area contributed by atoms with E-state index >= 15 is 0 Å². The number of benzene rings is 2. The monoisotopic (exact) mass is 590 g/mol. The van der Waals surface area contributed by atoms with Gasteiger partial charge in [0, 0.05) is 50.0 Å². The van der Waals surface area contributed by atoms with Gasteiger partial charge in [-0.05, 0) is 44.3 Å². The number of ether oxygens (including phenoxy) is 2. The van der Waals surface area contributed by atoms with Crippen LogP contribution in [0.4, 0.5) is 27.6 Å². The number of halogens is 5. The Labute approximate surface area is 237 Å².